The molecule has 1 heterocycles. The van der Waals surface area contributed by atoms with E-state index in [9.17, 15) is 9.59 Å². The molecule has 0 spiro atoms. The topological polar surface area (TPSA) is 82.4 Å². The first-order valence-corrected chi connectivity index (χ1v) is 10.2. The van der Waals surface area contributed by atoms with E-state index in [4.69, 9.17) is 9.47 Å². The highest BCUT2D eigenvalue weighted by Gasteiger charge is 2.22. The number of ether oxygens (including phenoxy) is 2. The van der Waals surface area contributed by atoms with E-state index in [2.05, 4.69) is 10.4 Å². The summed E-state index contributed by atoms with van der Waals surface area (Å²) in [5, 5.41) is 7.32. The van der Waals surface area contributed by atoms with Crippen LogP contribution in [-0.4, -0.2) is 34.4 Å². The number of aryl methyl sites for hydroxylation is 2. The molecule has 2 aromatic carbocycles. The van der Waals surface area contributed by atoms with Crippen LogP contribution in [0, 0.1) is 20.8 Å². The first-order valence-electron chi connectivity index (χ1n) is 10.2. The maximum absolute atomic E-state index is 12.4. The third-order valence-corrected chi connectivity index (χ3v) is 4.84. The summed E-state index contributed by atoms with van der Waals surface area (Å²) in [6, 6.07) is 17.0. The number of nitrogens with zero attached hydrogens (tertiary/aromatic N) is 2. The van der Waals surface area contributed by atoms with Gasteiger partial charge in [-0.05, 0) is 51.5 Å². The van der Waals surface area contributed by atoms with Crippen molar-refractivity contribution in [3.63, 3.8) is 0 Å². The predicted molar refractivity (Wildman–Crippen MR) is 119 cm³/mol. The van der Waals surface area contributed by atoms with Gasteiger partial charge in [0.2, 0.25) is 0 Å². The minimum Gasteiger partial charge on any atom is -0.479 e. The number of hydrogen-bond acceptors (Lipinski definition) is 5. The number of esters is 1. The summed E-state index contributed by atoms with van der Waals surface area (Å²) in [6.45, 7) is 7.14. The van der Waals surface area contributed by atoms with Crippen molar-refractivity contribution in [3.8, 4) is 11.4 Å². The molecule has 0 aliphatic rings. The summed E-state index contributed by atoms with van der Waals surface area (Å²) in [5.74, 6) is -0.437. The number of para-hydroxylation sites is 1. The molecule has 0 saturated carbocycles. The van der Waals surface area contributed by atoms with Gasteiger partial charge in [0.05, 0.1) is 22.8 Å². The smallest absolute Gasteiger partial charge is 0.347 e. The van der Waals surface area contributed by atoms with Crippen LogP contribution in [0.5, 0.6) is 5.75 Å². The van der Waals surface area contributed by atoms with Gasteiger partial charge in [-0.15, -0.1) is 0 Å². The summed E-state index contributed by atoms with van der Waals surface area (Å²) in [5.41, 5.74) is 4.13. The Labute approximate surface area is 182 Å². The Balaban J connectivity index is 1.60. The summed E-state index contributed by atoms with van der Waals surface area (Å²) < 4.78 is 12.6. The van der Waals surface area contributed by atoms with Gasteiger partial charge >= 0.3 is 5.97 Å². The van der Waals surface area contributed by atoms with Crippen LogP contribution in [0.25, 0.3) is 5.69 Å². The normalized spacial score (nSPS) is 11.6. The molecule has 1 atom stereocenters. The molecular formula is C24H27N3O4. The SMILES string of the molecule is CC[C@H](Oc1ccccc1)C(=O)OCC(=O)Nc1c(C)nn(-c2ccc(C)cc2)c1C. The standard InChI is InChI=1S/C24H27N3O4/c1-5-21(31-20-9-7-6-8-10-20)24(29)30-15-22(28)25-23-17(3)26-27(18(23)4)19-13-11-16(2)12-14-19/h6-14,21H,5,15H2,1-4H3,(H,25,28)/t21-/m0/s1. The second-order valence-electron chi connectivity index (χ2n) is 7.28. The van der Waals surface area contributed by atoms with Gasteiger partial charge < -0.3 is 14.8 Å². The second kappa shape index (κ2) is 9.93. The molecule has 0 saturated heterocycles. The average Bonchev–Trinajstić information content (AvgIpc) is 3.05. The lowest BCUT2D eigenvalue weighted by molar-refractivity contribution is -0.154. The fraction of sp³-hybridized carbons (Fsp3) is 0.292. The number of aromatic nitrogens is 2. The lowest BCUT2D eigenvalue weighted by Crippen LogP contribution is -2.31. The molecule has 3 aromatic rings. The van der Waals surface area contributed by atoms with Gasteiger partial charge in [-0.25, -0.2) is 9.48 Å². The van der Waals surface area contributed by atoms with Crippen LogP contribution in [0.1, 0.15) is 30.3 Å². The quantitative estimate of drug-likeness (QED) is 0.553. The van der Waals surface area contributed by atoms with Gasteiger partial charge in [-0.1, -0.05) is 42.8 Å². The molecule has 162 valence electrons. The van der Waals surface area contributed by atoms with Crippen LogP contribution in [0.15, 0.2) is 54.6 Å². The maximum atomic E-state index is 12.4. The number of carbonyl (C=O) groups is 2. The molecule has 1 N–H and O–H groups in total. The van der Waals surface area contributed by atoms with E-state index in [1.54, 1.807) is 16.8 Å². The second-order valence-corrected chi connectivity index (χ2v) is 7.28. The maximum Gasteiger partial charge on any atom is 0.347 e. The van der Waals surface area contributed by atoms with Gasteiger partial charge in [-0.3, -0.25) is 4.79 Å². The van der Waals surface area contributed by atoms with Crippen molar-refractivity contribution in [1.82, 2.24) is 9.78 Å². The van der Waals surface area contributed by atoms with Gasteiger partial charge in [0, 0.05) is 0 Å². The molecule has 0 aliphatic carbocycles. The van der Waals surface area contributed by atoms with E-state index >= 15 is 0 Å². The van der Waals surface area contributed by atoms with Crippen molar-refractivity contribution in [1.29, 1.82) is 0 Å². The van der Waals surface area contributed by atoms with Gasteiger partial charge in [0.1, 0.15) is 5.75 Å². The number of rotatable bonds is 8. The Bertz CT molecular complexity index is 1040. The summed E-state index contributed by atoms with van der Waals surface area (Å²) in [6.07, 6.45) is -0.348. The average molecular weight is 421 g/mol. The third-order valence-electron chi connectivity index (χ3n) is 4.84. The molecule has 0 bridgehead atoms. The highest BCUT2D eigenvalue weighted by Crippen LogP contribution is 2.23. The zero-order valence-electron chi connectivity index (χ0n) is 18.2. The van der Waals surface area contributed by atoms with Gasteiger partial charge in [-0.2, -0.15) is 5.10 Å². The van der Waals surface area contributed by atoms with E-state index in [0.717, 1.165) is 16.9 Å². The fourth-order valence-corrected chi connectivity index (χ4v) is 3.13. The van der Waals surface area contributed by atoms with Gasteiger partial charge in [0.25, 0.3) is 5.91 Å². The minimum absolute atomic E-state index is 0.401. The lowest BCUT2D eigenvalue weighted by Gasteiger charge is -2.16. The van der Waals surface area contributed by atoms with Crippen molar-refractivity contribution < 1.29 is 19.1 Å². The number of nitrogens with one attached hydrogen (secondary N) is 1. The minimum atomic E-state index is -0.775. The monoisotopic (exact) mass is 421 g/mol. The third kappa shape index (κ3) is 5.51. The number of amides is 1. The Hall–Kier alpha value is -3.61. The molecule has 3 rings (SSSR count). The van der Waals surface area contributed by atoms with E-state index in [0.29, 0.717) is 23.6 Å². The van der Waals surface area contributed by atoms with E-state index < -0.39 is 24.6 Å². The van der Waals surface area contributed by atoms with Crippen LogP contribution in [0.3, 0.4) is 0 Å². The molecule has 0 fully saturated rings. The first kappa shape index (κ1) is 22.1. The molecule has 31 heavy (non-hydrogen) atoms. The highest BCUT2D eigenvalue weighted by molar-refractivity contribution is 5.94. The van der Waals surface area contributed by atoms with Crippen molar-refractivity contribution in [2.24, 2.45) is 0 Å². The highest BCUT2D eigenvalue weighted by atomic mass is 16.6. The Kier molecular flexibility index (Phi) is 7.07. The van der Waals surface area contributed by atoms with Crippen LogP contribution in [0.2, 0.25) is 0 Å². The van der Waals surface area contributed by atoms with Crippen LogP contribution < -0.4 is 10.1 Å². The summed E-state index contributed by atoms with van der Waals surface area (Å²) >= 11 is 0. The number of anilines is 1. The number of benzene rings is 2. The summed E-state index contributed by atoms with van der Waals surface area (Å²) in [4.78, 5) is 24.8. The molecule has 0 radical (unpaired) electrons. The predicted octanol–water partition coefficient (Wildman–Crippen LogP) is 4.14. The number of carbonyl (C=O) groups excluding carboxylic acids is 2. The van der Waals surface area contributed by atoms with E-state index in [1.807, 2.05) is 70.2 Å². The Morgan fingerprint density at radius 3 is 2.35 bits per heavy atom. The fourth-order valence-electron chi connectivity index (χ4n) is 3.13. The van der Waals surface area contributed by atoms with Crippen molar-refractivity contribution in [2.45, 2.75) is 40.2 Å². The van der Waals surface area contributed by atoms with Crippen LogP contribution in [0.4, 0.5) is 5.69 Å². The van der Waals surface area contributed by atoms with Crippen molar-refractivity contribution >= 4 is 17.6 Å². The van der Waals surface area contributed by atoms with Crippen molar-refractivity contribution in [3.05, 3.63) is 71.5 Å². The van der Waals surface area contributed by atoms with Crippen molar-refractivity contribution in [2.75, 3.05) is 11.9 Å². The Morgan fingerprint density at radius 2 is 1.71 bits per heavy atom. The largest absolute Gasteiger partial charge is 0.479 e. The summed E-state index contributed by atoms with van der Waals surface area (Å²) in [7, 11) is 0. The molecule has 0 unspecified atom stereocenters. The number of hydrogen-bond donors (Lipinski definition) is 1. The molecule has 7 heteroatoms. The lowest BCUT2D eigenvalue weighted by atomic mass is 10.2. The van der Waals surface area contributed by atoms with E-state index in [1.165, 1.54) is 0 Å². The van der Waals surface area contributed by atoms with Crippen LogP contribution in [-0.2, 0) is 14.3 Å². The molecule has 7 nitrogen and oxygen atoms in total. The zero-order chi connectivity index (χ0) is 22.4. The molecule has 1 amide bonds. The van der Waals surface area contributed by atoms with Crippen LogP contribution >= 0.6 is 0 Å². The zero-order valence-corrected chi connectivity index (χ0v) is 18.2. The molecular weight excluding hydrogens is 394 g/mol. The van der Waals surface area contributed by atoms with Gasteiger partial charge in [0.15, 0.2) is 12.7 Å². The first-order chi connectivity index (χ1) is 14.9. The van der Waals surface area contributed by atoms with E-state index in [-0.39, 0.29) is 0 Å². The molecule has 1 aromatic heterocycles. The molecule has 0 aliphatic heterocycles. The Morgan fingerprint density at radius 1 is 1.03 bits per heavy atom.